The third-order valence-electron chi connectivity index (χ3n) is 4.72. The normalized spacial score (nSPS) is 13.0. The Morgan fingerprint density at radius 2 is 1.93 bits per heavy atom. The summed E-state index contributed by atoms with van der Waals surface area (Å²) < 4.78 is 0. The van der Waals surface area contributed by atoms with Gasteiger partial charge in [-0.2, -0.15) is 0 Å². The summed E-state index contributed by atoms with van der Waals surface area (Å²) in [5.41, 5.74) is 14.0. The van der Waals surface area contributed by atoms with Crippen LogP contribution >= 0.6 is 11.6 Å². The number of hydrogen-bond acceptors (Lipinski definition) is 5. The third-order valence-corrected chi connectivity index (χ3v) is 5.05. The number of carbonyl (C=O) groups is 2. The second-order valence-corrected chi connectivity index (χ2v) is 7.61. The molecule has 1 heterocycles. The first-order valence-electron chi connectivity index (χ1n) is 9.84. The van der Waals surface area contributed by atoms with Gasteiger partial charge in [0.1, 0.15) is 0 Å². The predicted octanol–water partition coefficient (Wildman–Crippen LogP) is 2.34. The van der Waals surface area contributed by atoms with Gasteiger partial charge in [-0.15, -0.1) is 0 Å². The van der Waals surface area contributed by atoms with Crippen LogP contribution in [0.1, 0.15) is 36.1 Å². The van der Waals surface area contributed by atoms with Crippen LogP contribution in [-0.4, -0.2) is 35.3 Å². The van der Waals surface area contributed by atoms with Crippen molar-refractivity contribution in [1.29, 1.82) is 0 Å². The maximum absolute atomic E-state index is 13.0. The Labute approximate surface area is 177 Å². The summed E-state index contributed by atoms with van der Waals surface area (Å²) in [6.45, 7) is 2.35. The number of Topliss-reactive ketones (excluding diaryl/α,β-unsaturated/α-hetero) is 1. The van der Waals surface area contributed by atoms with Gasteiger partial charge in [-0.05, 0) is 56.3 Å². The molecule has 29 heavy (non-hydrogen) atoms. The molecule has 7 heteroatoms. The zero-order valence-corrected chi connectivity index (χ0v) is 17.5. The van der Waals surface area contributed by atoms with Crippen LogP contribution in [0.4, 0.5) is 0 Å². The minimum atomic E-state index is -0.688. The van der Waals surface area contributed by atoms with Crippen molar-refractivity contribution in [1.82, 2.24) is 10.3 Å². The summed E-state index contributed by atoms with van der Waals surface area (Å²) in [4.78, 5) is 29.7. The molecule has 2 rings (SSSR count). The largest absolute Gasteiger partial charge is 0.345 e. The summed E-state index contributed by atoms with van der Waals surface area (Å²) in [5.74, 6) is -0.480. The molecule has 0 unspecified atom stereocenters. The van der Waals surface area contributed by atoms with Gasteiger partial charge in [0.2, 0.25) is 5.91 Å². The van der Waals surface area contributed by atoms with E-state index in [9.17, 15) is 9.59 Å². The van der Waals surface area contributed by atoms with Gasteiger partial charge >= 0.3 is 0 Å². The van der Waals surface area contributed by atoms with Crippen molar-refractivity contribution in [2.45, 2.75) is 51.1 Å². The van der Waals surface area contributed by atoms with Gasteiger partial charge in [0.05, 0.1) is 29.2 Å². The second kappa shape index (κ2) is 11.7. The average Bonchev–Trinajstić information content (AvgIpc) is 2.71. The van der Waals surface area contributed by atoms with Crippen LogP contribution in [0, 0.1) is 6.92 Å². The van der Waals surface area contributed by atoms with Crippen molar-refractivity contribution in [2.24, 2.45) is 11.5 Å². The zero-order chi connectivity index (χ0) is 21.2. The van der Waals surface area contributed by atoms with Crippen molar-refractivity contribution in [2.75, 3.05) is 6.54 Å². The molecule has 6 nitrogen and oxygen atoms in total. The predicted molar refractivity (Wildman–Crippen MR) is 116 cm³/mol. The van der Waals surface area contributed by atoms with Gasteiger partial charge in [-0.25, -0.2) is 0 Å². The maximum Gasteiger partial charge on any atom is 0.237 e. The smallest absolute Gasteiger partial charge is 0.237 e. The van der Waals surface area contributed by atoms with E-state index >= 15 is 0 Å². The first-order valence-corrected chi connectivity index (χ1v) is 10.2. The maximum atomic E-state index is 13.0. The molecular weight excluding hydrogens is 388 g/mol. The molecule has 0 saturated heterocycles. The molecule has 0 aliphatic heterocycles. The summed E-state index contributed by atoms with van der Waals surface area (Å²) in [5, 5.41) is 3.27. The number of ketones is 1. The molecule has 0 aliphatic carbocycles. The third kappa shape index (κ3) is 7.57. The van der Waals surface area contributed by atoms with E-state index in [2.05, 4.69) is 10.3 Å². The highest BCUT2D eigenvalue weighted by Crippen LogP contribution is 2.17. The highest BCUT2D eigenvalue weighted by molar-refractivity contribution is 6.31. The van der Waals surface area contributed by atoms with E-state index in [0.29, 0.717) is 42.9 Å². The number of halogens is 1. The molecule has 0 aliphatic rings. The van der Waals surface area contributed by atoms with Crippen LogP contribution in [0.3, 0.4) is 0 Å². The summed E-state index contributed by atoms with van der Waals surface area (Å²) in [7, 11) is 0. The Kier molecular flexibility index (Phi) is 9.25. The zero-order valence-electron chi connectivity index (χ0n) is 16.7. The fraction of sp³-hybridized carbons (Fsp3) is 0.409. The topological polar surface area (TPSA) is 111 Å². The summed E-state index contributed by atoms with van der Waals surface area (Å²) in [6, 6.07) is 10.3. The van der Waals surface area contributed by atoms with E-state index in [-0.39, 0.29) is 18.1 Å². The number of aryl methyl sites for hydroxylation is 2. The van der Waals surface area contributed by atoms with Crippen molar-refractivity contribution < 1.29 is 9.59 Å². The van der Waals surface area contributed by atoms with E-state index in [1.807, 2.05) is 37.3 Å². The van der Waals surface area contributed by atoms with Crippen LogP contribution in [-0.2, 0) is 22.4 Å². The number of rotatable bonds is 11. The highest BCUT2D eigenvalue weighted by atomic mass is 35.5. The Bertz CT molecular complexity index is 814. The molecule has 1 amide bonds. The lowest BCUT2D eigenvalue weighted by Gasteiger charge is -2.20. The Balaban J connectivity index is 2.09. The number of nitrogens with one attached hydrogen (secondary N) is 1. The molecule has 2 atom stereocenters. The molecule has 0 fully saturated rings. The average molecular weight is 417 g/mol. The van der Waals surface area contributed by atoms with Crippen molar-refractivity contribution >= 4 is 23.3 Å². The Hall–Kier alpha value is -2.28. The lowest BCUT2D eigenvalue weighted by Crippen LogP contribution is -2.49. The first kappa shape index (κ1) is 23.0. The fourth-order valence-electron chi connectivity index (χ4n) is 3.00. The van der Waals surface area contributed by atoms with Gasteiger partial charge in [0, 0.05) is 6.20 Å². The van der Waals surface area contributed by atoms with Gasteiger partial charge in [0.25, 0.3) is 0 Å². The monoisotopic (exact) mass is 416 g/mol. The van der Waals surface area contributed by atoms with E-state index in [1.54, 1.807) is 12.3 Å². The molecule has 0 radical (unpaired) electrons. The fourth-order valence-corrected chi connectivity index (χ4v) is 3.28. The number of nitrogens with two attached hydrogens (primary N) is 2. The van der Waals surface area contributed by atoms with E-state index in [1.165, 1.54) is 0 Å². The van der Waals surface area contributed by atoms with E-state index < -0.39 is 12.1 Å². The lowest BCUT2D eigenvalue weighted by molar-refractivity contribution is -0.128. The number of pyridine rings is 1. The SMILES string of the molecule is Cc1cnc(CC(=O)[C@@H](CCc2ccccc2)NC(=O)[C@@H](N)CCCN)c(Cl)c1. The molecule has 2 aromatic rings. The van der Waals surface area contributed by atoms with Gasteiger partial charge in [-0.3, -0.25) is 14.6 Å². The Morgan fingerprint density at radius 3 is 2.59 bits per heavy atom. The highest BCUT2D eigenvalue weighted by Gasteiger charge is 2.24. The van der Waals surface area contributed by atoms with Crippen LogP contribution in [0.15, 0.2) is 42.6 Å². The van der Waals surface area contributed by atoms with Gasteiger partial charge in [-0.1, -0.05) is 41.9 Å². The second-order valence-electron chi connectivity index (χ2n) is 7.21. The van der Waals surface area contributed by atoms with Crippen molar-refractivity contribution in [3.63, 3.8) is 0 Å². The van der Waals surface area contributed by atoms with Gasteiger partial charge < -0.3 is 16.8 Å². The standard InChI is InChI=1S/C22H29ClN4O2/c1-15-12-17(23)20(26-14-15)13-21(28)19(10-9-16-6-3-2-4-7-16)27-22(29)18(25)8-5-11-24/h2-4,6-7,12,14,18-19H,5,8-11,13,24-25H2,1H3,(H,27,29)/t18-,19+/m0/s1. The van der Waals surface area contributed by atoms with E-state index in [0.717, 1.165) is 11.1 Å². The summed E-state index contributed by atoms with van der Waals surface area (Å²) >= 11 is 6.23. The quantitative estimate of drug-likeness (QED) is 0.520. The number of amides is 1. The van der Waals surface area contributed by atoms with Gasteiger partial charge in [0.15, 0.2) is 5.78 Å². The molecule has 0 bridgehead atoms. The molecule has 1 aromatic heterocycles. The number of carbonyl (C=O) groups excluding carboxylic acids is 2. The van der Waals surface area contributed by atoms with Crippen LogP contribution in [0.2, 0.25) is 5.02 Å². The molecular formula is C22H29ClN4O2. The van der Waals surface area contributed by atoms with Crippen LogP contribution < -0.4 is 16.8 Å². The van der Waals surface area contributed by atoms with E-state index in [4.69, 9.17) is 23.1 Å². The number of nitrogens with zero attached hydrogens (tertiary/aromatic N) is 1. The van der Waals surface area contributed by atoms with Crippen LogP contribution in [0.25, 0.3) is 0 Å². The number of benzene rings is 1. The molecule has 0 spiro atoms. The molecule has 156 valence electrons. The number of aromatic nitrogens is 1. The minimum absolute atomic E-state index is 0.0525. The first-order chi connectivity index (χ1) is 13.9. The molecule has 0 saturated carbocycles. The molecule has 5 N–H and O–H groups in total. The lowest BCUT2D eigenvalue weighted by atomic mass is 9.98. The van der Waals surface area contributed by atoms with Crippen LogP contribution in [0.5, 0.6) is 0 Å². The Morgan fingerprint density at radius 1 is 1.21 bits per heavy atom. The van der Waals surface area contributed by atoms with Crippen molar-refractivity contribution in [3.05, 3.63) is 64.4 Å². The summed E-state index contributed by atoms with van der Waals surface area (Å²) in [6.07, 6.45) is 3.99. The minimum Gasteiger partial charge on any atom is -0.345 e. The van der Waals surface area contributed by atoms with Crippen molar-refractivity contribution in [3.8, 4) is 0 Å². The number of hydrogen-bond donors (Lipinski definition) is 3. The molecule has 1 aromatic carbocycles.